The summed E-state index contributed by atoms with van der Waals surface area (Å²) in [6.45, 7) is 10.6. The molecule has 1 rings (SSSR count). The lowest BCUT2D eigenvalue weighted by atomic mass is 9.81. The van der Waals surface area contributed by atoms with Gasteiger partial charge in [0.25, 0.3) is 0 Å². The first-order valence-corrected chi connectivity index (χ1v) is 6.67. The van der Waals surface area contributed by atoms with Crippen LogP contribution >= 0.6 is 0 Å². The zero-order valence-electron chi connectivity index (χ0n) is 11.5. The van der Waals surface area contributed by atoms with E-state index in [1.807, 2.05) is 0 Å². The Morgan fingerprint density at radius 2 is 1.88 bits per heavy atom. The molecule has 16 heavy (non-hydrogen) atoms. The van der Waals surface area contributed by atoms with Crippen LogP contribution in [0, 0.1) is 5.92 Å². The van der Waals surface area contributed by atoms with Crippen LogP contribution in [0.1, 0.15) is 66.7 Å². The van der Waals surface area contributed by atoms with E-state index in [0.717, 1.165) is 19.3 Å². The topological polar surface area (TPSA) is 29.5 Å². The van der Waals surface area contributed by atoms with Crippen LogP contribution in [0.25, 0.3) is 0 Å². The largest absolute Gasteiger partial charge is 0.393 e. The maximum Gasteiger partial charge on any atom is 0.0687 e. The highest BCUT2D eigenvalue weighted by Gasteiger charge is 2.48. The minimum absolute atomic E-state index is 0.0834. The van der Waals surface area contributed by atoms with Gasteiger partial charge in [-0.25, -0.2) is 0 Å². The smallest absolute Gasteiger partial charge is 0.0687 e. The van der Waals surface area contributed by atoms with Crippen LogP contribution in [0.4, 0.5) is 0 Å². The number of ether oxygens (including phenoxy) is 1. The number of rotatable bonds is 5. The van der Waals surface area contributed by atoms with Gasteiger partial charge in [-0.3, -0.25) is 0 Å². The molecular weight excluding hydrogens is 200 g/mol. The summed E-state index contributed by atoms with van der Waals surface area (Å²) < 4.78 is 6.02. The van der Waals surface area contributed by atoms with Gasteiger partial charge in [0.2, 0.25) is 0 Å². The first-order chi connectivity index (χ1) is 7.28. The van der Waals surface area contributed by atoms with Gasteiger partial charge in [0.05, 0.1) is 17.3 Å². The van der Waals surface area contributed by atoms with Crippen LogP contribution in [0.2, 0.25) is 0 Å². The Kier molecular flexibility index (Phi) is 4.42. The lowest BCUT2D eigenvalue weighted by Gasteiger charge is -2.30. The lowest BCUT2D eigenvalue weighted by Crippen LogP contribution is -2.36. The van der Waals surface area contributed by atoms with Gasteiger partial charge < -0.3 is 9.84 Å². The maximum absolute atomic E-state index is 10.3. The molecule has 2 nitrogen and oxygen atoms in total. The van der Waals surface area contributed by atoms with Crippen molar-refractivity contribution in [2.24, 2.45) is 5.92 Å². The molecule has 0 spiro atoms. The van der Waals surface area contributed by atoms with Crippen LogP contribution in [-0.2, 0) is 4.74 Å². The van der Waals surface area contributed by atoms with Crippen LogP contribution in [0.15, 0.2) is 0 Å². The average molecular weight is 228 g/mol. The summed E-state index contributed by atoms with van der Waals surface area (Å²) in [5, 5.41) is 10.3. The summed E-state index contributed by atoms with van der Waals surface area (Å²) in [4.78, 5) is 0. The van der Waals surface area contributed by atoms with Gasteiger partial charge in [0, 0.05) is 5.92 Å². The molecule has 0 radical (unpaired) electrons. The van der Waals surface area contributed by atoms with E-state index in [4.69, 9.17) is 4.74 Å². The number of aliphatic hydroxyl groups is 1. The normalized spacial score (nSPS) is 29.2. The second-order valence-corrected chi connectivity index (χ2v) is 6.34. The molecule has 2 atom stereocenters. The van der Waals surface area contributed by atoms with E-state index < -0.39 is 0 Å². The van der Waals surface area contributed by atoms with E-state index >= 15 is 0 Å². The molecule has 1 heterocycles. The Bertz CT molecular complexity index is 221. The summed E-state index contributed by atoms with van der Waals surface area (Å²) in [5.74, 6) is 0.277. The van der Waals surface area contributed by atoms with Gasteiger partial charge in [-0.2, -0.15) is 0 Å². The Balaban J connectivity index is 2.52. The molecule has 1 aliphatic rings. The Morgan fingerprint density at radius 1 is 1.25 bits per heavy atom. The SMILES string of the molecule is CCCCCC(O)C1CC(C)(C)OC1(C)C. The van der Waals surface area contributed by atoms with Crippen LogP contribution in [-0.4, -0.2) is 22.4 Å². The third-order valence-electron chi connectivity index (χ3n) is 3.71. The van der Waals surface area contributed by atoms with Gasteiger partial charge in [-0.15, -0.1) is 0 Å². The summed E-state index contributed by atoms with van der Waals surface area (Å²) in [6, 6.07) is 0. The third kappa shape index (κ3) is 3.46. The van der Waals surface area contributed by atoms with Crippen LogP contribution in [0.3, 0.4) is 0 Å². The monoisotopic (exact) mass is 228 g/mol. The number of hydrogen-bond donors (Lipinski definition) is 1. The highest BCUT2D eigenvalue weighted by Crippen LogP contribution is 2.44. The first kappa shape index (κ1) is 14.0. The molecule has 2 heteroatoms. The van der Waals surface area contributed by atoms with Gasteiger partial charge in [-0.05, 0) is 40.5 Å². The summed E-state index contributed by atoms with van der Waals surface area (Å²) in [6.07, 6.45) is 5.24. The zero-order valence-corrected chi connectivity index (χ0v) is 11.5. The van der Waals surface area contributed by atoms with E-state index in [1.54, 1.807) is 0 Å². The molecular formula is C14H28O2. The Hall–Kier alpha value is -0.0800. The molecule has 1 N–H and O–H groups in total. The number of hydrogen-bond acceptors (Lipinski definition) is 2. The van der Waals surface area contributed by atoms with E-state index in [2.05, 4.69) is 34.6 Å². The Labute approximate surface area is 100 Å². The molecule has 0 amide bonds. The van der Waals surface area contributed by atoms with Crippen molar-refractivity contribution in [2.75, 3.05) is 0 Å². The van der Waals surface area contributed by atoms with Crippen molar-refractivity contribution < 1.29 is 9.84 Å². The second kappa shape index (κ2) is 5.05. The minimum atomic E-state index is -0.205. The first-order valence-electron chi connectivity index (χ1n) is 6.67. The van der Waals surface area contributed by atoms with Crippen molar-refractivity contribution in [3.05, 3.63) is 0 Å². The van der Waals surface area contributed by atoms with Crippen LogP contribution in [0.5, 0.6) is 0 Å². The fourth-order valence-corrected chi connectivity index (χ4v) is 3.01. The lowest BCUT2D eigenvalue weighted by molar-refractivity contribution is -0.0882. The highest BCUT2D eigenvalue weighted by atomic mass is 16.5. The van der Waals surface area contributed by atoms with Gasteiger partial charge in [0.15, 0.2) is 0 Å². The van der Waals surface area contributed by atoms with Gasteiger partial charge in [-0.1, -0.05) is 26.2 Å². The van der Waals surface area contributed by atoms with Crippen LogP contribution < -0.4 is 0 Å². The zero-order chi connectivity index (χ0) is 12.4. The van der Waals surface area contributed by atoms with Crippen molar-refractivity contribution in [3.8, 4) is 0 Å². The van der Waals surface area contributed by atoms with Gasteiger partial charge >= 0.3 is 0 Å². The molecule has 2 unspecified atom stereocenters. The molecule has 1 fully saturated rings. The summed E-state index contributed by atoms with van der Waals surface area (Å²) in [7, 11) is 0. The van der Waals surface area contributed by atoms with Crippen molar-refractivity contribution in [2.45, 2.75) is 84.0 Å². The van der Waals surface area contributed by atoms with E-state index in [1.165, 1.54) is 12.8 Å². The predicted molar refractivity (Wildman–Crippen MR) is 67.5 cm³/mol. The van der Waals surface area contributed by atoms with E-state index in [9.17, 15) is 5.11 Å². The number of unbranched alkanes of at least 4 members (excludes halogenated alkanes) is 2. The Morgan fingerprint density at radius 3 is 2.31 bits per heavy atom. The van der Waals surface area contributed by atoms with Crippen molar-refractivity contribution in [1.82, 2.24) is 0 Å². The fourth-order valence-electron chi connectivity index (χ4n) is 3.01. The molecule has 0 aliphatic carbocycles. The van der Waals surface area contributed by atoms with Gasteiger partial charge in [0.1, 0.15) is 0 Å². The standard InChI is InChI=1S/C14H28O2/c1-6-7-8-9-12(15)11-10-13(2,3)16-14(11,4)5/h11-12,15H,6-10H2,1-5H3. The maximum atomic E-state index is 10.3. The van der Waals surface area contributed by atoms with E-state index in [0.29, 0.717) is 0 Å². The molecule has 0 aromatic rings. The predicted octanol–water partition coefficient (Wildman–Crippen LogP) is 3.52. The van der Waals surface area contributed by atoms with Crippen molar-refractivity contribution >= 4 is 0 Å². The average Bonchev–Trinajstić information content (AvgIpc) is 2.34. The van der Waals surface area contributed by atoms with E-state index in [-0.39, 0.29) is 23.2 Å². The molecule has 0 saturated carbocycles. The summed E-state index contributed by atoms with van der Waals surface area (Å²) >= 11 is 0. The molecule has 1 saturated heterocycles. The molecule has 0 aromatic heterocycles. The quantitative estimate of drug-likeness (QED) is 0.730. The number of aliphatic hydroxyl groups excluding tert-OH is 1. The minimum Gasteiger partial charge on any atom is -0.393 e. The summed E-state index contributed by atoms with van der Waals surface area (Å²) in [5.41, 5.74) is -0.269. The molecule has 0 aromatic carbocycles. The van der Waals surface area contributed by atoms with Crippen molar-refractivity contribution in [1.29, 1.82) is 0 Å². The molecule has 96 valence electrons. The fraction of sp³-hybridized carbons (Fsp3) is 1.00. The second-order valence-electron chi connectivity index (χ2n) is 6.34. The molecule has 0 bridgehead atoms. The van der Waals surface area contributed by atoms with Crippen molar-refractivity contribution in [3.63, 3.8) is 0 Å². The molecule has 1 aliphatic heterocycles. The third-order valence-corrected chi connectivity index (χ3v) is 3.71. The highest BCUT2D eigenvalue weighted by molar-refractivity contribution is 4.97.